The molecule has 112 valence electrons. The van der Waals surface area contributed by atoms with Crippen molar-refractivity contribution in [2.24, 2.45) is 0 Å². The molecule has 1 rings (SSSR count). The highest BCUT2D eigenvalue weighted by Gasteiger charge is 2.16. The number of hydrogen-bond donors (Lipinski definition) is 2. The van der Waals surface area contributed by atoms with E-state index < -0.39 is 5.97 Å². The maximum absolute atomic E-state index is 12.1. The summed E-state index contributed by atoms with van der Waals surface area (Å²) in [6.07, 6.45) is 0.542. The van der Waals surface area contributed by atoms with E-state index in [1.54, 1.807) is 16.2 Å². The predicted octanol–water partition coefficient (Wildman–Crippen LogP) is 3.30. The number of hydrogen-bond acceptors (Lipinski definition) is 3. The average molecular weight is 363 g/mol. The molecule has 0 fully saturated rings. The molecule has 20 heavy (non-hydrogen) atoms. The van der Waals surface area contributed by atoms with Gasteiger partial charge >= 0.3 is 12.0 Å². The zero-order chi connectivity index (χ0) is 15.1. The molecule has 0 aliphatic heterocycles. The van der Waals surface area contributed by atoms with Crippen LogP contribution in [0.2, 0.25) is 0 Å². The maximum Gasteiger partial charge on any atom is 0.317 e. The van der Waals surface area contributed by atoms with Crippen LogP contribution in [0, 0.1) is 0 Å². The molecule has 2 amide bonds. The lowest BCUT2D eigenvalue weighted by atomic mass is 10.2. The number of urea groups is 1. The predicted molar refractivity (Wildman–Crippen MR) is 83.0 cm³/mol. The first kappa shape index (κ1) is 17.0. The second-order valence-corrected chi connectivity index (χ2v) is 7.20. The summed E-state index contributed by atoms with van der Waals surface area (Å²) in [5.41, 5.74) is 0. The summed E-state index contributed by atoms with van der Waals surface area (Å²) in [6, 6.07) is 3.78. The summed E-state index contributed by atoms with van der Waals surface area (Å²) < 4.78 is 1.03. The molecule has 0 saturated carbocycles. The van der Waals surface area contributed by atoms with Crippen LogP contribution in [0.25, 0.3) is 0 Å². The average Bonchev–Trinajstić information content (AvgIpc) is 2.77. The first-order valence-electron chi connectivity index (χ1n) is 6.40. The zero-order valence-electron chi connectivity index (χ0n) is 11.6. The summed E-state index contributed by atoms with van der Waals surface area (Å²) in [7, 11) is 0. The summed E-state index contributed by atoms with van der Waals surface area (Å²) in [4.78, 5) is 25.3. The Bertz CT molecular complexity index is 462. The Kier molecular flexibility index (Phi) is 7.01. The van der Waals surface area contributed by atoms with Crippen molar-refractivity contribution in [3.8, 4) is 0 Å². The molecule has 0 radical (unpaired) electrons. The van der Waals surface area contributed by atoms with E-state index in [4.69, 9.17) is 5.11 Å². The van der Waals surface area contributed by atoms with Crippen LogP contribution < -0.4 is 5.32 Å². The minimum absolute atomic E-state index is 0.0406. The number of aliphatic carboxylic acids is 1. The lowest BCUT2D eigenvalue weighted by Gasteiger charge is -2.26. The van der Waals surface area contributed by atoms with Crippen molar-refractivity contribution in [2.45, 2.75) is 39.3 Å². The van der Waals surface area contributed by atoms with Gasteiger partial charge in [-0.3, -0.25) is 4.79 Å². The van der Waals surface area contributed by atoms with Crippen molar-refractivity contribution in [2.75, 3.05) is 6.54 Å². The minimum atomic E-state index is -0.836. The van der Waals surface area contributed by atoms with E-state index in [0.717, 1.165) is 8.66 Å². The SMILES string of the molecule is CC(C)N(CCCC(=O)O)C(=O)NCc1ccc(Br)s1. The number of carboxylic acid groups (broad SMARTS) is 1. The van der Waals surface area contributed by atoms with Crippen LogP contribution >= 0.6 is 27.3 Å². The monoisotopic (exact) mass is 362 g/mol. The highest BCUT2D eigenvalue weighted by molar-refractivity contribution is 9.11. The van der Waals surface area contributed by atoms with Gasteiger partial charge in [-0.1, -0.05) is 0 Å². The Morgan fingerprint density at radius 2 is 2.15 bits per heavy atom. The number of carbonyl (C=O) groups is 2. The van der Waals surface area contributed by atoms with Gasteiger partial charge in [0, 0.05) is 23.9 Å². The Morgan fingerprint density at radius 3 is 2.65 bits per heavy atom. The van der Waals surface area contributed by atoms with Crippen molar-refractivity contribution in [1.29, 1.82) is 0 Å². The highest BCUT2D eigenvalue weighted by Crippen LogP contribution is 2.21. The summed E-state index contributed by atoms with van der Waals surface area (Å²) in [6.45, 7) is 4.77. The summed E-state index contributed by atoms with van der Waals surface area (Å²) >= 11 is 4.96. The number of nitrogens with one attached hydrogen (secondary N) is 1. The summed E-state index contributed by atoms with van der Waals surface area (Å²) in [5.74, 6) is -0.836. The maximum atomic E-state index is 12.1. The molecule has 1 aromatic heterocycles. The van der Waals surface area contributed by atoms with Gasteiger partial charge in [0.2, 0.25) is 0 Å². The lowest BCUT2D eigenvalue weighted by molar-refractivity contribution is -0.137. The van der Waals surface area contributed by atoms with Crippen molar-refractivity contribution in [3.05, 3.63) is 20.8 Å². The molecule has 0 atom stereocenters. The van der Waals surface area contributed by atoms with E-state index in [0.29, 0.717) is 19.5 Å². The van der Waals surface area contributed by atoms with Gasteiger partial charge in [0.1, 0.15) is 0 Å². The highest BCUT2D eigenvalue weighted by atomic mass is 79.9. The van der Waals surface area contributed by atoms with E-state index in [1.165, 1.54) is 0 Å². The summed E-state index contributed by atoms with van der Waals surface area (Å²) in [5, 5.41) is 11.5. The van der Waals surface area contributed by atoms with Gasteiger partial charge in [0.25, 0.3) is 0 Å². The number of nitrogens with zero attached hydrogens (tertiary/aromatic N) is 1. The molecular formula is C13H19BrN2O3S. The second-order valence-electron chi connectivity index (χ2n) is 4.65. The topological polar surface area (TPSA) is 69.6 Å². The fraction of sp³-hybridized carbons (Fsp3) is 0.538. The van der Waals surface area contributed by atoms with Crippen LogP contribution in [-0.2, 0) is 11.3 Å². The number of rotatable bonds is 7. The third-order valence-electron chi connectivity index (χ3n) is 2.72. The fourth-order valence-corrected chi connectivity index (χ4v) is 3.13. The van der Waals surface area contributed by atoms with Crippen molar-refractivity contribution >= 4 is 39.3 Å². The largest absolute Gasteiger partial charge is 0.481 e. The van der Waals surface area contributed by atoms with E-state index in [2.05, 4.69) is 21.2 Å². The molecule has 0 aliphatic carbocycles. The Balaban J connectivity index is 2.45. The van der Waals surface area contributed by atoms with Gasteiger partial charge < -0.3 is 15.3 Å². The number of amides is 2. The normalized spacial score (nSPS) is 10.6. The van der Waals surface area contributed by atoms with Gasteiger partial charge in [-0.25, -0.2) is 4.79 Å². The van der Waals surface area contributed by atoms with Crippen LogP contribution in [0.1, 0.15) is 31.6 Å². The molecule has 1 aromatic rings. The van der Waals surface area contributed by atoms with E-state index in [1.807, 2.05) is 26.0 Å². The van der Waals surface area contributed by atoms with E-state index in [9.17, 15) is 9.59 Å². The van der Waals surface area contributed by atoms with Gasteiger partial charge in [-0.05, 0) is 48.3 Å². The molecular weight excluding hydrogens is 344 g/mol. The van der Waals surface area contributed by atoms with Gasteiger partial charge in [0.05, 0.1) is 10.3 Å². The molecule has 0 bridgehead atoms. The Hall–Kier alpha value is -1.08. The fourth-order valence-electron chi connectivity index (χ4n) is 1.71. The Morgan fingerprint density at radius 1 is 1.45 bits per heavy atom. The Labute approximate surface area is 131 Å². The molecule has 0 unspecified atom stereocenters. The second kappa shape index (κ2) is 8.26. The van der Waals surface area contributed by atoms with Crippen molar-refractivity contribution < 1.29 is 14.7 Å². The van der Waals surface area contributed by atoms with Crippen molar-refractivity contribution in [3.63, 3.8) is 0 Å². The first-order chi connectivity index (χ1) is 9.40. The molecule has 0 spiro atoms. The van der Waals surface area contributed by atoms with Crippen LogP contribution in [-0.4, -0.2) is 34.6 Å². The van der Waals surface area contributed by atoms with Gasteiger partial charge in [-0.15, -0.1) is 11.3 Å². The first-order valence-corrected chi connectivity index (χ1v) is 8.01. The smallest absolute Gasteiger partial charge is 0.317 e. The molecule has 7 heteroatoms. The van der Waals surface area contributed by atoms with Crippen LogP contribution in [0.5, 0.6) is 0 Å². The number of thiophene rings is 1. The lowest BCUT2D eigenvalue weighted by Crippen LogP contribution is -2.44. The molecule has 0 aromatic carbocycles. The molecule has 1 heterocycles. The molecule has 2 N–H and O–H groups in total. The zero-order valence-corrected chi connectivity index (χ0v) is 14.0. The van der Waals surface area contributed by atoms with Crippen LogP contribution in [0.15, 0.2) is 15.9 Å². The molecule has 0 aliphatic rings. The number of carbonyl (C=O) groups excluding carboxylic acids is 1. The standard InChI is InChI=1S/C13H19BrN2O3S/c1-9(2)16(7-3-4-12(17)18)13(19)15-8-10-5-6-11(14)20-10/h5-6,9H,3-4,7-8H2,1-2H3,(H,15,19)(H,17,18). The minimum Gasteiger partial charge on any atom is -0.481 e. The third-order valence-corrected chi connectivity index (χ3v) is 4.34. The number of carboxylic acids is 1. The van der Waals surface area contributed by atoms with Crippen LogP contribution in [0.3, 0.4) is 0 Å². The van der Waals surface area contributed by atoms with Crippen LogP contribution in [0.4, 0.5) is 4.79 Å². The van der Waals surface area contributed by atoms with E-state index >= 15 is 0 Å². The van der Waals surface area contributed by atoms with Crippen molar-refractivity contribution in [1.82, 2.24) is 10.2 Å². The third kappa shape index (κ3) is 5.92. The molecule has 5 nitrogen and oxygen atoms in total. The van der Waals surface area contributed by atoms with Gasteiger partial charge in [-0.2, -0.15) is 0 Å². The number of halogens is 1. The van der Waals surface area contributed by atoms with E-state index in [-0.39, 0.29) is 18.5 Å². The molecule has 0 saturated heterocycles. The van der Waals surface area contributed by atoms with Gasteiger partial charge in [0.15, 0.2) is 0 Å². The quantitative estimate of drug-likeness (QED) is 0.781.